The van der Waals surface area contributed by atoms with E-state index in [4.69, 9.17) is 0 Å². The molecule has 2 rings (SSSR count). The third-order valence-corrected chi connectivity index (χ3v) is 2.82. The molecule has 0 saturated heterocycles. The van der Waals surface area contributed by atoms with Gasteiger partial charge in [-0.2, -0.15) is 0 Å². The fourth-order valence-electron chi connectivity index (χ4n) is 1.36. The molecule has 0 spiro atoms. The lowest BCUT2D eigenvalue weighted by Crippen LogP contribution is -2.02. The molecule has 1 N–H and O–H groups in total. The minimum Gasteiger partial charge on any atom is -0.379 e. The number of aromatic nitrogens is 1. The number of nitrogens with one attached hydrogen (secondary N) is 1. The van der Waals surface area contributed by atoms with Gasteiger partial charge in [0.1, 0.15) is 11.6 Å². The summed E-state index contributed by atoms with van der Waals surface area (Å²) in [6.45, 7) is 0.433. The molecule has 0 unspecified atom stereocenters. The van der Waals surface area contributed by atoms with Gasteiger partial charge in [0.2, 0.25) is 0 Å². The van der Waals surface area contributed by atoms with Crippen molar-refractivity contribution in [3.8, 4) is 0 Å². The SMILES string of the molecule is Fc1cc(F)c(NCc2cccnc2)cc1Br. The van der Waals surface area contributed by atoms with Gasteiger partial charge in [0.15, 0.2) is 0 Å². The molecule has 1 aromatic heterocycles. The van der Waals surface area contributed by atoms with Gasteiger partial charge >= 0.3 is 0 Å². The number of pyridine rings is 1. The van der Waals surface area contributed by atoms with E-state index in [9.17, 15) is 8.78 Å². The lowest BCUT2D eigenvalue weighted by Gasteiger charge is -2.08. The van der Waals surface area contributed by atoms with E-state index in [1.807, 2.05) is 6.07 Å². The summed E-state index contributed by atoms with van der Waals surface area (Å²) in [5.74, 6) is -1.23. The Kier molecular flexibility index (Phi) is 3.68. The van der Waals surface area contributed by atoms with Crippen LogP contribution in [0.15, 0.2) is 41.1 Å². The van der Waals surface area contributed by atoms with E-state index in [1.54, 1.807) is 18.5 Å². The molecular formula is C12H9BrF2N2. The standard InChI is InChI=1S/C12H9BrF2N2/c13-9-4-12(11(15)5-10(9)14)17-7-8-2-1-3-16-6-8/h1-6,17H,7H2. The quantitative estimate of drug-likeness (QED) is 0.873. The van der Waals surface area contributed by atoms with Gasteiger partial charge < -0.3 is 5.32 Å². The van der Waals surface area contributed by atoms with Crippen molar-refractivity contribution in [2.45, 2.75) is 6.54 Å². The van der Waals surface area contributed by atoms with E-state index in [1.165, 1.54) is 6.07 Å². The molecule has 2 nitrogen and oxygen atoms in total. The van der Waals surface area contributed by atoms with Crippen molar-refractivity contribution < 1.29 is 8.78 Å². The van der Waals surface area contributed by atoms with Crippen molar-refractivity contribution in [3.63, 3.8) is 0 Å². The van der Waals surface area contributed by atoms with Crippen molar-refractivity contribution in [1.82, 2.24) is 4.98 Å². The molecule has 0 aliphatic carbocycles. The zero-order chi connectivity index (χ0) is 12.3. The smallest absolute Gasteiger partial charge is 0.149 e. The molecule has 0 amide bonds. The van der Waals surface area contributed by atoms with Gasteiger partial charge in [-0.3, -0.25) is 4.98 Å². The minimum atomic E-state index is -0.616. The maximum absolute atomic E-state index is 13.4. The first kappa shape index (κ1) is 12.0. The molecule has 2 aromatic rings. The lowest BCUT2D eigenvalue weighted by molar-refractivity contribution is 0.580. The highest BCUT2D eigenvalue weighted by Crippen LogP contribution is 2.23. The number of halogens is 3. The van der Waals surface area contributed by atoms with Crippen molar-refractivity contribution in [3.05, 3.63) is 58.3 Å². The Morgan fingerprint density at radius 2 is 2.06 bits per heavy atom. The minimum absolute atomic E-state index is 0.229. The van der Waals surface area contributed by atoms with Crippen LogP contribution in [0.5, 0.6) is 0 Å². The summed E-state index contributed by atoms with van der Waals surface area (Å²) in [7, 11) is 0. The van der Waals surface area contributed by atoms with Crippen LogP contribution in [0.2, 0.25) is 0 Å². The van der Waals surface area contributed by atoms with Gasteiger partial charge in [0, 0.05) is 25.0 Å². The van der Waals surface area contributed by atoms with E-state index in [-0.39, 0.29) is 10.2 Å². The second-order valence-corrected chi connectivity index (χ2v) is 4.32. The molecule has 88 valence electrons. The maximum atomic E-state index is 13.4. The molecule has 1 heterocycles. The first-order chi connectivity index (χ1) is 8.16. The summed E-state index contributed by atoms with van der Waals surface area (Å²) < 4.78 is 26.6. The van der Waals surface area contributed by atoms with Crippen molar-refractivity contribution in [1.29, 1.82) is 0 Å². The van der Waals surface area contributed by atoms with Gasteiger partial charge in [-0.1, -0.05) is 6.07 Å². The zero-order valence-electron chi connectivity index (χ0n) is 8.75. The molecule has 1 aromatic carbocycles. The van der Waals surface area contributed by atoms with Crippen LogP contribution in [0.1, 0.15) is 5.56 Å². The number of rotatable bonds is 3. The number of anilines is 1. The Morgan fingerprint density at radius 3 is 2.76 bits per heavy atom. The third-order valence-electron chi connectivity index (χ3n) is 2.22. The maximum Gasteiger partial charge on any atom is 0.149 e. The predicted molar refractivity (Wildman–Crippen MR) is 65.6 cm³/mol. The van der Waals surface area contributed by atoms with E-state index in [0.29, 0.717) is 6.54 Å². The van der Waals surface area contributed by atoms with Gasteiger partial charge in [0.25, 0.3) is 0 Å². The topological polar surface area (TPSA) is 24.9 Å². The first-order valence-electron chi connectivity index (χ1n) is 4.94. The number of hydrogen-bond donors (Lipinski definition) is 1. The summed E-state index contributed by atoms with van der Waals surface area (Å²) in [4.78, 5) is 3.95. The number of nitrogens with zero attached hydrogens (tertiary/aromatic N) is 1. The summed E-state index contributed by atoms with van der Waals surface area (Å²) >= 11 is 3.01. The second kappa shape index (κ2) is 5.23. The van der Waals surface area contributed by atoms with Crippen LogP contribution >= 0.6 is 15.9 Å². The van der Waals surface area contributed by atoms with Gasteiger partial charge in [-0.15, -0.1) is 0 Å². The second-order valence-electron chi connectivity index (χ2n) is 3.46. The fourth-order valence-corrected chi connectivity index (χ4v) is 1.70. The highest BCUT2D eigenvalue weighted by atomic mass is 79.9. The van der Waals surface area contributed by atoms with Crippen molar-refractivity contribution in [2.24, 2.45) is 0 Å². The molecule has 5 heteroatoms. The molecule has 0 fully saturated rings. The van der Waals surface area contributed by atoms with E-state index in [0.717, 1.165) is 11.6 Å². The van der Waals surface area contributed by atoms with Gasteiger partial charge in [0.05, 0.1) is 10.2 Å². The first-order valence-corrected chi connectivity index (χ1v) is 5.73. The lowest BCUT2D eigenvalue weighted by atomic mass is 10.2. The van der Waals surface area contributed by atoms with Crippen LogP contribution in [-0.4, -0.2) is 4.98 Å². The summed E-state index contributed by atoms with van der Waals surface area (Å²) in [5.41, 5.74) is 1.18. The Hall–Kier alpha value is -1.49. The van der Waals surface area contributed by atoms with Crippen LogP contribution in [0.4, 0.5) is 14.5 Å². The zero-order valence-corrected chi connectivity index (χ0v) is 10.3. The predicted octanol–water partition coefficient (Wildman–Crippen LogP) is 3.73. The highest BCUT2D eigenvalue weighted by Gasteiger charge is 2.07. The average molecular weight is 299 g/mol. The van der Waals surface area contributed by atoms with E-state index >= 15 is 0 Å². The largest absolute Gasteiger partial charge is 0.379 e. The molecule has 0 atom stereocenters. The summed E-state index contributed by atoms with van der Waals surface area (Å²) in [6.07, 6.45) is 3.35. The van der Waals surface area contributed by atoms with Crippen molar-refractivity contribution in [2.75, 3.05) is 5.32 Å². The molecule has 0 saturated carbocycles. The fraction of sp³-hybridized carbons (Fsp3) is 0.0833. The van der Waals surface area contributed by atoms with Crippen LogP contribution in [0, 0.1) is 11.6 Å². The van der Waals surface area contributed by atoms with E-state index < -0.39 is 11.6 Å². The average Bonchev–Trinajstić information content (AvgIpc) is 2.33. The Bertz CT molecular complexity index is 517. The Balaban J connectivity index is 2.12. The molecule has 0 radical (unpaired) electrons. The monoisotopic (exact) mass is 298 g/mol. The van der Waals surface area contributed by atoms with Crippen LogP contribution in [-0.2, 0) is 6.54 Å². The third kappa shape index (κ3) is 3.00. The Morgan fingerprint density at radius 1 is 1.24 bits per heavy atom. The summed E-state index contributed by atoms with van der Waals surface area (Å²) in [5, 5.41) is 2.89. The normalized spacial score (nSPS) is 10.3. The van der Waals surface area contributed by atoms with E-state index in [2.05, 4.69) is 26.2 Å². The highest BCUT2D eigenvalue weighted by molar-refractivity contribution is 9.10. The van der Waals surface area contributed by atoms with Gasteiger partial charge in [-0.05, 0) is 33.6 Å². The summed E-state index contributed by atoms with van der Waals surface area (Å²) in [6, 6.07) is 5.89. The number of hydrogen-bond acceptors (Lipinski definition) is 2. The van der Waals surface area contributed by atoms with Crippen LogP contribution in [0.25, 0.3) is 0 Å². The molecule has 17 heavy (non-hydrogen) atoms. The van der Waals surface area contributed by atoms with Crippen molar-refractivity contribution >= 4 is 21.6 Å². The van der Waals surface area contributed by atoms with Gasteiger partial charge in [-0.25, -0.2) is 8.78 Å². The molecule has 0 bridgehead atoms. The molecular weight excluding hydrogens is 290 g/mol. The Labute approximate surface area is 106 Å². The number of benzene rings is 1. The molecule has 0 aliphatic rings. The molecule has 0 aliphatic heterocycles. The van der Waals surface area contributed by atoms with Crippen LogP contribution < -0.4 is 5.32 Å². The van der Waals surface area contributed by atoms with Crippen LogP contribution in [0.3, 0.4) is 0 Å².